The highest BCUT2D eigenvalue weighted by Crippen LogP contribution is 2.28. The zero-order valence-corrected chi connectivity index (χ0v) is 8.74. The lowest BCUT2D eigenvalue weighted by atomic mass is 10.0. The summed E-state index contributed by atoms with van der Waals surface area (Å²) in [6, 6.07) is 6.31. The Labute approximate surface area is 92.3 Å². The SMILES string of the molecule is CC(F)(F)c1cccc([CH]c2cn[nH]c2)c1. The van der Waals surface area contributed by atoms with Crippen LogP contribution in [0.2, 0.25) is 0 Å². The van der Waals surface area contributed by atoms with Crippen molar-refractivity contribution in [2.75, 3.05) is 0 Å². The molecule has 0 atom stereocenters. The summed E-state index contributed by atoms with van der Waals surface area (Å²) in [5, 5.41) is 6.45. The van der Waals surface area contributed by atoms with E-state index >= 15 is 0 Å². The molecule has 2 aromatic rings. The number of aromatic nitrogens is 2. The van der Waals surface area contributed by atoms with E-state index in [-0.39, 0.29) is 5.56 Å². The molecular formula is C12H11F2N2. The van der Waals surface area contributed by atoms with Gasteiger partial charge in [0.2, 0.25) is 0 Å². The molecule has 0 spiro atoms. The van der Waals surface area contributed by atoms with E-state index in [1.165, 1.54) is 12.1 Å². The highest BCUT2D eigenvalue weighted by molar-refractivity contribution is 5.37. The number of benzene rings is 1. The molecule has 2 rings (SSSR count). The van der Waals surface area contributed by atoms with Crippen LogP contribution >= 0.6 is 0 Å². The third-order valence-corrected chi connectivity index (χ3v) is 2.25. The molecule has 1 aromatic carbocycles. The molecule has 0 aliphatic rings. The van der Waals surface area contributed by atoms with Gasteiger partial charge in [0.15, 0.2) is 0 Å². The predicted octanol–water partition coefficient (Wildman–Crippen LogP) is 3.12. The maximum atomic E-state index is 13.1. The van der Waals surface area contributed by atoms with Gasteiger partial charge in [-0.1, -0.05) is 18.2 Å². The number of nitrogens with one attached hydrogen (secondary N) is 1. The zero-order valence-electron chi connectivity index (χ0n) is 8.74. The second-order valence-electron chi connectivity index (χ2n) is 3.69. The molecule has 16 heavy (non-hydrogen) atoms. The molecule has 1 radical (unpaired) electrons. The fourth-order valence-corrected chi connectivity index (χ4v) is 1.43. The Hall–Kier alpha value is -1.71. The van der Waals surface area contributed by atoms with Crippen molar-refractivity contribution < 1.29 is 8.78 Å². The van der Waals surface area contributed by atoms with E-state index in [4.69, 9.17) is 0 Å². The summed E-state index contributed by atoms with van der Waals surface area (Å²) < 4.78 is 26.2. The maximum absolute atomic E-state index is 13.1. The van der Waals surface area contributed by atoms with Gasteiger partial charge in [0.1, 0.15) is 0 Å². The summed E-state index contributed by atoms with van der Waals surface area (Å²) in [4.78, 5) is 0. The van der Waals surface area contributed by atoms with E-state index in [2.05, 4.69) is 10.2 Å². The van der Waals surface area contributed by atoms with Crippen molar-refractivity contribution in [1.82, 2.24) is 10.2 Å². The lowest BCUT2D eigenvalue weighted by Crippen LogP contribution is -2.06. The van der Waals surface area contributed by atoms with E-state index in [9.17, 15) is 8.78 Å². The van der Waals surface area contributed by atoms with Gasteiger partial charge in [0.05, 0.1) is 6.20 Å². The predicted molar refractivity (Wildman–Crippen MR) is 57.1 cm³/mol. The number of nitrogens with zero attached hydrogens (tertiary/aromatic N) is 1. The Morgan fingerprint density at radius 3 is 2.75 bits per heavy atom. The van der Waals surface area contributed by atoms with Crippen molar-refractivity contribution >= 4 is 0 Å². The van der Waals surface area contributed by atoms with Gasteiger partial charge >= 0.3 is 0 Å². The minimum Gasteiger partial charge on any atom is -0.285 e. The van der Waals surface area contributed by atoms with E-state index in [1.54, 1.807) is 30.9 Å². The molecule has 1 heterocycles. The fraction of sp³-hybridized carbons (Fsp3) is 0.167. The first-order valence-electron chi connectivity index (χ1n) is 4.87. The van der Waals surface area contributed by atoms with Crippen LogP contribution in [0.1, 0.15) is 23.6 Å². The number of H-pyrrole nitrogens is 1. The lowest BCUT2D eigenvalue weighted by molar-refractivity contribution is 0.0174. The van der Waals surface area contributed by atoms with Crippen molar-refractivity contribution in [2.24, 2.45) is 0 Å². The topological polar surface area (TPSA) is 28.7 Å². The van der Waals surface area contributed by atoms with Crippen LogP contribution in [0.5, 0.6) is 0 Å². The molecule has 0 saturated carbocycles. The van der Waals surface area contributed by atoms with Crippen LogP contribution in [0.4, 0.5) is 8.78 Å². The van der Waals surface area contributed by atoms with Crippen LogP contribution in [0.25, 0.3) is 0 Å². The van der Waals surface area contributed by atoms with Gasteiger partial charge in [-0.3, -0.25) is 5.10 Å². The van der Waals surface area contributed by atoms with Crippen molar-refractivity contribution in [1.29, 1.82) is 0 Å². The van der Waals surface area contributed by atoms with Crippen LogP contribution in [0.15, 0.2) is 36.7 Å². The number of aromatic amines is 1. The second-order valence-corrected chi connectivity index (χ2v) is 3.69. The number of rotatable bonds is 3. The fourth-order valence-electron chi connectivity index (χ4n) is 1.43. The first-order chi connectivity index (χ1) is 7.55. The average molecular weight is 221 g/mol. The molecule has 1 aromatic heterocycles. The molecule has 0 bridgehead atoms. The van der Waals surface area contributed by atoms with Gasteiger partial charge in [-0.2, -0.15) is 5.10 Å². The Balaban J connectivity index is 2.23. The molecule has 0 fully saturated rings. The molecule has 0 aliphatic heterocycles. The number of hydrogen-bond acceptors (Lipinski definition) is 1. The largest absolute Gasteiger partial charge is 0.285 e. The number of halogens is 2. The summed E-state index contributed by atoms with van der Waals surface area (Å²) in [5.74, 6) is -2.81. The van der Waals surface area contributed by atoms with Gasteiger partial charge in [0, 0.05) is 25.1 Å². The third kappa shape index (κ3) is 2.45. The van der Waals surface area contributed by atoms with Gasteiger partial charge in [0.25, 0.3) is 5.92 Å². The molecule has 1 N–H and O–H groups in total. The molecule has 83 valence electrons. The Morgan fingerprint density at radius 2 is 2.12 bits per heavy atom. The van der Waals surface area contributed by atoms with Crippen LogP contribution in [0.3, 0.4) is 0 Å². The van der Waals surface area contributed by atoms with E-state index in [0.29, 0.717) is 0 Å². The molecule has 0 aliphatic carbocycles. The lowest BCUT2D eigenvalue weighted by Gasteiger charge is -2.11. The Morgan fingerprint density at radius 1 is 1.31 bits per heavy atom. The second kappa shape index (κ2) is 4.04. The minimum absolute atomic E-state index is 0.0183. The molecular weight excluding hydrogens is 210 g/mol. The third-order valence-electron chi connectivity index (χ3n) is 2.25. The quantitative estimate of drug-likeness (QED) is 0.847. The summed E-state index contributed by atoms with van der Waals surface area (Å²) in [6.45, 7) is 0.893. The Bertz CT molecular complexity index is 458. The highest BCUT2D eigenvalue weighted by Gasteiger charge is 2.24. The average Bonchev–Trinajstić information content (AvgIpc) is 2.70. The molecule has 4 heteroatoms. The van der Waals surface area contributed by atoms with E-state index < -0.39 is 5.92 Å². The van der Waals surface area contributed by atoms with E-state index in [1.807, 2.05) is 0 Å². The van der Waals surface area contributed by atoms with Crippen LogP contribution in [0, 0.1) is 6.42 Å². The van der Waals surface area contributed by atoms with Gasteiger partial charge in [-0.25, -0.2) is 8.78 Å². The normalized spacial score (nSPS) is 11.7. The molecule has 0 amide bonds. The summed E-state index contributed by atoms with van der Waals surface area (Å²) >= 11 is 0. The van der Waals surface area contributed by atoms with Gasteiger partial charge in [-0.05, 0) is 17.2 Å². The smallest absolute Gasteiger partial charge is 0.270 e. The standard InChI is InChI=1S/C12H11F2N2/c1-12(13,14)11-4-2-3-9(6-11)5-10-7-15-16-8-10/h2-8H,1H3,(H,15,16). The summed E-state index contributed by atoms with van der Waals surface area (Å²) in [6.07, 6.45) is 5.13. The maximum Gasteiger partial charge on any atom is 0.270 e. The first kappa shape index (κ1) is 10.8. The highest BCUT2D eigenvalue weighted by atomic mass is 19.3. The first-order valence-corrected chi connectivity index (χ1v) is 4.87. The minimum atomic E-state index is -2.81. The number of alkyl halides is 2. The molecule has 0 saturated heterocycles. The molecule has 2 nitrogen and oxygen atoms in total. The van der Waals surface area contributed by atoms with Crippen molar-refractivity contribution in [3.05, 3.63) is 59.8 Å². The number of hydrogen-bond donors (Lipinski definition) is 1. The van der Waals surface area contributed by atoms with Crippen molar-refractivity contribution in [3.63, 3.8) is 0 Å². The zero-order chi connectivity index (χ0) is 11.6. The summed E-state index contributed by atoms with van der Waals surface area (Å²) in [7, 11) is 0. The molecule has 0 unspecified atom stereocenters. The van der Waals surface area contributed by atoms with Crippen LogP contribution in [-0.2, 0) is 5.92 Å². The van der Waals surface area contributed by atoms with Gasteiger partial charge in [-0.15, -0.1) is 0 Å². The van der Waals surface area contributed by atoms with E-state index in [0.717, 1.165) is 18.1 Å². The van der Waals surface area contributed by atoms with Crippen molar-refractivity contribution in [3.8, 4) is 0 Å². The van der Waals surface area contributed by atoms with Crippen LogP contribution < -0.4 is 0 Å². The summed E-state index contributed by atoms with van der Waals surface area (Å²) in [5.41, 5.74) is 1.61. The van der Waals surface area contributed by atoms with Crippen LogP contribution in [-0.4, -0.2) is 10.2 Å². The monoisotopic (exact) mass is 221 g/mol. The van der Waals surface area contributed by atoms with Crippen molar-refractivity contribution in [2.45, 2.75) is 12.8 Å². The Kier molecular flexibility index (Phi) is 2.73. The van der Waals surface area contributed by atoms with Gasteiger partial charge < -0.3 is 0 Å².